The summed E-state index contributed by atoms with van der Waals surface area (Å²) in [6.07, 6.45) is 0. The minimum absolute atomic E-state index is 0.386. The van der Waals surface area contributed by atoms with E-state index in [4.69, 9.17) is 4.74 Å². The number of hydrogen-bond donors (Lipinski definition) is 1. The van der Waals surface area contributed by atoms with Crippen molar-refractivity contribution in [3.05, 3.63) is 64.8 Å². The summed E-state index contributed by atoms with van der Waals surface area (Å²) in [6.45, 7) is 5.44. The lowest BCUT2D eigenvalue weighted by atomic mass is 10.1. The van der Waals surface area contributed by atoms with Crippen molar-refractivity contribution in [3.8, 4) is 0 Å². The largest absolute Gasteiger partial charge is 0.452 e. The Morgan fingerprint density at radius 3 is 2.69 bits per heavy atom. The van der Waals surface area contributed by atoms with Gasteiger partial charge in [-0.1, -0.05) is 35.6 Å². The number of amides is 1. The number of benzene rings is 2. The highest BCUT2D eigenvalue weighted by Gasteiger charge is 2.16. The van der Waals surface area contributed by atoms with Crippen molar-refractivity contribution in [2.45, 2.75) is 20.8 Å². The van der Waals surface area contributed by atoms with E-state index in [0.29, 0.717) is 27.3 Å². The number of nitrogens with one attached hydrogen (secondary N) is 1. The second-order valence-corrected chi connectivity index (χ2v) is 7.93. The first-order chi connectivity index (χ1) is 13.9. The van der Waals surface area contributed by atoms with E-state index in [1.807, 2.05) is 51.1 Å². The number of anilines is 1. The molecule has 1 amide bonds. The lowest BCUT2D eigenvalue weighted by Gasteiger charge is -2.08. The zero-order chi connectivity index (χ0) is 20.5. The molecular weight excluding hydrogens is 386 g/mol. The molecule has 2 aromatic heterocycles. The van der Waals surface area contributed by atoms with Crippen LogP contribution in [0.15, 0.2) is 42.5 Å². The van der Waals surface area contributed by atoms with Gasteiger partial charge in [-0.2, -0.15) is 0 Å². The van der Waals surface area contributed by atoms with Crippen molar-refractivity contribution in [1.82, 2.24) is 9.97 Å². The summed E-state index contributed by atoms with van der Waals surface area (Å²) in [7, 11) is 0. The van der Waals surface area contributed by atoms with E-state index in [1.165, 1.54) is 11.3 Å². The maximum Gasteiger partial charge on any atom is 0.339 e. The van der Waals surface area contributed by atoms with Crippen molar-refractivity contribution >= 4 is 49.5 Å². The number of hydrogen-bond acceptors (Lipinski definition) is 6. The van der Waals surface area contributed by atoms with Crippen LogP contribution in [0.1, 0.15) is 27.2 Å². The van der Waals surface area contributed by atoms with Gasteiger partial charge in [0.25, 0.3) is 5.91 Å². The Morgan fingerprint density at radius 2 is 1.86 bits per heavy atom. The molecule has 0 radical (unpaired) electrons. The summed E-state index contributed by atoms with van der Waals surface area (Å²) in [6, 6.07) is 13.1. The predicted octanol–water partition coefficient (Wildman–Crippen LogP) is 4.57. The molecule has 0 unspecified atom stereocenters. The molecule has 0 spiro atoms. The van der Waals surface area contributed by atoms with Gasteiger partial charge in [0, 0.05) is 11.1 Å². The van der Waals surface area contributed by atoms with Crippen LogP contribution in [0, 0.1) is 20.8 Å². The molecule has 0 saturated heterocycles. The molecule has 1 N–H and O–H groups in total. The molecule has 0 aliphatic heterocycles. The Hall–Kier alpha value is -3.32. The molecule has 0 atom stereocenters. The molecule has 0 fully saturated rings. The number of thiazole rings is 1. The first-order valence-corrected chi connectivity index (χ1v) is 9.93. The van der Waals surface area contributed by atoms with Gasteiger partial charge in [0.05, 0.1) is 21.3 Å². The van der Waals surface area contributed by atoms with E-state index >= 15 is 0 Å². The topological polar surface area (TPSA) is 81.2 Å². The highest BCUT2D eigenvalue weighted by molar-refractivity contribution is 7.22. The summed E-state index contributed by atoms with van der Waals surface area (Å²) >= 11 is 1.40. The second-order valence-electron chi connectivity index (χ2n) is 6.90. The molecule has 2 aromatic carbocycles. The fraction of sp³-hybridized carbons (Fsp3) is 0.182. The fourth-order valence-corrected chi connectivity index (χ4v) is 4.32. The summed E-state index contributed by atoms with van der Waals surface area (Å²) in [5.74, 6) is -0.987. The van der Waals surface area contributed by atoms with Crippen LogP contribution in [0.5, 0.6) is 0 Å². The van der Waals surface area contributed by atoms with Crippen molar-refractivity contribution in [2.24, 2.45) is 0 Å². The van der Waals surface area contributed by atoms with Crippen LogP contribution in [0.2, 0.25) is 0 Å². The smallest absolute Gasteiger partial charge is 0.339 e. The molecule has 0 saturated carbocycles. The number of carbonyl (C=O) groups is 2. The van der Waals surface area contributed by atoms with Gasteiger partial charge in [-0.25, -0.2) is 9.78 Å². The van der Waals surface area contributed by atoms with Gasteiger partial charge in [-0.3, -0.25) is 15.1 Å². The molecule has 0 aliphatic carbocycles. The minimum Gasteiger partial charge on any atom is -0.452 e. The minimum atomic E-state index is -0.558. The van der Waals surface area contributed by atoms with Crippen LogP contribution >= 0.6 is 11.3 Å². The van der Waals surface area contributed by atoms with Crippen molar-refractivity contribution in [2.75, 3.05) is 11.9 Å². The number of esters is 1. The highest BCUT2D eigenvalue weighted by Crippen LogP contribution is 2.29. The lowest BCUT2D eigenvalue weighted by Crippen LogP contribution is -2.21. The maximum absolute atomic E-state index is 12.5. The van der Waals surface area contributed by atoms with E-state index in [0.717, 1.165) is 21.3 Å². The molecule has 2 heterocycles. The maximum atomic E-state index is 12.5. The van der Waals surface area contributed by atoms with Gasteiger partial charge in [-0.05, 0) is 50.1 Å². The zero-order valence-electron chi connectivity index (χ0n) is 16.3. The molecule has 7 heteroatoms. The van der Waals surface area contributed by atoms with Crippen LogP contribution in [-0.4, -0.2) is 28.5 Å². The van der Waals surface area contributed by atoms with E-state index in [1.54, 1.807) is 6.07 Å². The number of nitrogens with zero attached hydrogens (tertiary/aromatic N) is 2. The number of aromatic nitrogens is 2. The van der Waals surface area contributed by atoms with E-state index in [9.17, 15) is 9.59 Å². The summed E-state index contributed by atoms with van der Waals surface area (Å²) in [5, 5.41) is 3.89. The molecule has 0 aliphatic rings. The van der Waals surface area contributed by atoms with Crippen LogP contribution in [0.25, 0.3) is 21.1 Å². The first-order valence-electron chi connectivity index (χ1n) is 9.12. The van der Waals surface area contributed by atoms with Gasteiger partial charge >= 0.3 is 5.97 Å². The number of pyridine rings is 1. The summed E-state index contributed by atoms with van der Waals surface area (Å²) < 4.78 is 6.25. The molecule has 146 valence electrons. The van der Waals surface area contributed by atoms with Gasteiger partial charge in [0.1, 0.15) is 0 Å². The molecular formula is C22H19N3O3S. The Morgan fingerprint density at radius 1 is 1.07 bits per heavy atom. The quantitative estimate of drug-likeness (QED) is 0.503. The average molecular weight is 405 g/mol. The monoisotopic (exact) mass is 405 g/mol. The Kier molecular flexibility index (Phi) is 4.98. The average Bonchev–Trinajstić information content (AvgIpc) is 3.08. The van der Waals surface area contributed by atoms with Gasteiger partial charge in [-0.15, -0.1) is 0 Å². The van der Waals surface area contributed by atoms with Gasteiger partial charge in [0.2, 0.25) is 0 Å². The zero-order valence-corrected chi connectivity index (χ0v) is 17.1. The fourth-order valence-electron chi connectivity index (χ4n) is 3.26. The van der Waals surface area contributed by atoms with E-state index in [-0.39, 0.29) is 6.61 Å². The Balaban J connectivity index is 1.46. The molecule has 4 aromatic rings. The summed E-state index contributed by atoms with van der Waals surface area (Å²) in [5.41, 5.74) is 4.89. The molecule has 0 bridgehead atoms. The lowest BCUT2D eigenvalue weighted by molar-refractivity contribution is -0.119. The number of rotatable bonds is 4. The van der Waals surface area contributed by atoms with Crippen LogP contribution < -0.4 is 5.32 Å². The van der Waals surface area contributed by atoms with Crippen molar-refractivity contribution in [3.63, 3.8) is 0 Å². The van der Waals surface area contributed by atoms with E-state index < -0.39 is 11.9 Å². The third-order valence-electron chi connectivity index (χ3n) is 4.47. The predicted molar refractivity (Wildman–Crippen MR) is 114 cm³/mol. The SMILES string of the molecule is Cc1cc(C)c2nc(NC(=O)COC(=O)c3cc(C)nc4ccccc34)sc2c1. The molecule has 4 rings (SSSR count). The first kappa shape index (κ1) is 19.0. The number of para-hydroxylation sites is 1. The number of ether oxygens (including phenoxy) is 1. The van der Waals surface area contributed by atoms with Crippen molar-refractivity contribution < 1.29 is 14.3 Å². The van der Waals surface area contributed by atoms with Crippen LogP contribution in [0.4, 0.5) is 5.13 Å². The van der Waals surface area contributed by atoms with Crippen LogP contribution in [0.3, 0.4) is 0 Å². The summed E-state index contributed by atoms with van der Waals surface area (Å²) in [4.78, 5) is 33.7. The number of fused-ring (bicyclic) bond motifs is 2. The Bertz CT molecular complexity index is 1260. The highest BCUT2D eigenvalue weighted by atomic mass is 32.1. The molecule has 6 nitrogen and oxygen atoms in total. The molecule has 29 heavy (non-hydrogen) atoms. The third-order valence-corrected chi connectivity index (χ3v) is 5.39. The standard InChI is InChI=1S/C22H19N3O3S/c1-12-8-13(2)20-18(9-12)29-22(25-20)24-19(26)11-28-21(27)16-10-14(3)23-17-7-5-4-6-15(16)17/h4-10H,11H2,1-3H3,(H,24,25,26). The number of carbonyl (C=O) groups excluding carboxylic acids is 2. The third kappa shape index (κ3) is 3.95. The van der Waals surface area contributed by atoms with E-state index in [2.05, 4.69) is 21.4 Å². The van der Waals surface area contributed by atoms with Crippen molar-refractivity contribution in [1.29, 1.82) is 0 Å². The Labute approximate surface area is 171 Å². The normalized spacial score (nSPS) is 11.0. The van der Waals surface area contributed by atoms with Gasteiger partial charge in [0.15, 0.2) is 11.7 Å². The second kappa shape index (κ2) is 7.60. The van der Waals surface area contributed by atoms with Crippen LogP contribution in [-0.2, 0) is 9.53 Å². The van der Waals surface area contributed by atoms with Gasteiger partial charge < -0.3 is 4.74 Å². The number of aryl methyl sites for hydroxylation is 3.